The van der Waals surface area contributed by atoms with E-state index in [9.17, 15) is 9.18 Å². The molecule has 2 heterocycles. The molecule has 21 heavy (non-hydrogen) atoms. The SMILES string of the molecule is CC(C)(C)c1ccc(CN2C[C@@H](F)C[C@H]2CC(=O)O)cn1. The van der Waals surface area contributed by atoms with E-state index in [1.54, 1.807) is 0 Å². The van der Waals surface area contributed by atoms with Crippen molar-refractivity contribution >= 4 is 5.97 Å². The number of aliphatic carboxylic acids is 1. The van der Waals surface area contributed by atoms with Gasteiger partial charge in [0.15, 0.2) is 0 Å². The first-order valence-electron chi connectivity index (χ1n) is 7.31. The molecule has 0 radical (unpaired) electrons. The van der Waals surface area contributed by atoms with E-state index in [1.807, 2.05) is 23.2 Å². The highest BCUT2D eigenvalue weighted by Gasteiger charge is 2.33. The molecule has 0 aliphatic carbocycles. The van der Waals surface area contributed by atoms with E-state index < -0.39 is 12.1 Å². The van der Waals surface area contributed by atoms with Crippen molar-refractivity contribution in [2.45, 2.75) is 57.8 Å². The van der Waals surface area contributed by atoms with Gasteiger partial charge in [-0.15, -0.1) is 0 Å². The van der Waals surface area contributed by atoms with Crippen LogP contribution >= 0.6 is 0 Å². The van der Waals surface area contributed by atoms with E-state index in [4.69, 9.17) is 5.11 Å². The Balaban J connectivity index is 2.04. The summed E-state index contributed by atoms with van der Waals surface area (Å²) in [5.74, 6) is -0.875. The number of nitrogens with zero attached hydrogens (tertiary/aromatic N) is 2. The normalized spacial score (nSPS) is 23.4. The number of alkyl halides is 1. The molecule has 1 aliphatic rings. The average Bonchev–Trinajstić information content (AvgIpc) is 2.68. The van der Waals surface area contributed by atoms with Gasteiger partial charge in [-0.1, -0.05) is 26.8 Å². The van der Waals surface area contributed by atoms with E-state index in [-0.39, 0.29) is 17.9 Å². The second kappa shape index (κ2) is 6.10. The lowest BCUT2D eigenvalue weighted by atomic mass is 9.91. The van der Waals surface area contributed by atoms with Gasteiger partial charge in [0.25, 0.3) is 0 Å². The van der Waals surface area contributed by atoms with Crippen molar-refractivity contribution in [1.82, 2.24) is 9.88 Å². The summed E-state index contributed by atoms with van der Waals surface area (Å²) in [4.78, 5) is 17.2. The predicted octanol–water partition coefficient (Wildman–Crippen LogP) is 2.77. The number of carboxylic acid groups (broad SMARTS) is 1. The average molecular weight is 294 g/mol. The molecule has 1 saturated heterocycles. The fourth-order valence-corrected chi connectivity index (χ4v) is 2.73. The third-order valence-corrected chi connectivity index (χ3v) is 3.87. The van der Waals surface area contributed by atoms with Gasteiger partial charge in [-0.25, -0.2) is 4.39 Å². The quantitative estimate of drug-likeness (QED) is 0.927. The van der Waals surface area contributed by atoms with Crippen LogP contribution in [0, 0.1) is 0 Å². The van der Waals surface area contributed by atoms with Gasteiger partial charge in [0, 0.05) is 36.4 Å². The summed E-state index contributed by atoms with van der Waals surface area (Å²) in [6.45, 7) is 7.17. The van der Waals surface area contributed by atoms with Crippen molar-refractivity contribution in [3.05, 3.63) is 29.6 Å². The molecule has 2 rings (SSSR count). The Morgan fingerprint density at radius 3 is 2.71 bits per heavy atom. The molecular formula is C16H23FN2O2. The smallest absolute Gasteiger partial charge is 0.304 e. The summed E-state index contributed by atoms with van der Waals surface area (Å²) >= 11 is 0. The van der Waals surface area contributed by atoms with Crippen LogP contribution in [0.5, 0.6) is 0 Å². The van der Waals surface area contributed by atoms with Gasteiger partial charge >= 0.3 is 5.97 Å². The lowest BCUT2D eigenvalue weighted by Gasteiger charge is -2.23. The number of hydrogen-bond acceptors (Lipinski definition) is 3. The van der Waals surface area contributed by atoms with Crippen LogP contribution in [0.1, 0.15) is 44.9 Å². The maximum atomic E-state index is 13.5. The van der Waals surface area contributed by atoms with Crippen LogP contribution in [0.2, 0.25) is 0 Å². The molecule has 0 saturated carbocycles. The molecule has 1 aromatic heterocycles. The van der Waals surface area contributed by atoms with Gasteiger partial charge < -0.3 is 5.11 Å². The summed E-state index contributed by atoms with van der Waals surface area (Å²) in [6, 6.07) is 3.77. The first-order chi connectivity index (χ1) is 9.75. The van der Waals surface area contributed by atoms with Crippen LogP contribution in [-0.4, -0.2) is 39.7 Å². The van der Waals surface area contributed by atoms with Crippen molar-refractivity contribution in [2.24, 2.45) is 0 Å². The Morgan fingerprint density at radius 2 is 2.19 bits per heavy atom. The number of carboxylic acids is 1. The number of halogens is 1. The molecule has 0 bridgehead atoms. The Bertz CT molecular complexity index is 496. The van der Waals surface area contributed by atoms with Gasteiger partial charge in [0.2, 0.25) is 0 Å². The number of carbonyl (C=O) groups is 1. The van der Waals surface area contributed by atoms with Gasteiger partial charge in [-0.05, 0) is 18.1 Å². The first kappa shape index (κ1) is 15.9. The summed E-state index contributed by atoms with van der Waals surface area (Å²) in [7, 11) is 0. The Hall–Kier alpha value is -1.49. The van der Waals surface area contributed by atoms with Crippen LogP contribution in [-0.2, 0) is 16.8 Å². The van der Waals surface area contributed by atoms with Crippen molar-refractivity contribution in [2.75, 3.05) is 6.54 Å². The highest BCUT2D eigenvalue weighted by Crippen LogP contribution is 2.25. The molecular weight excluding hydrogens is 271 g/mol. The largest absolute Gasteiger partial charge is 0.481 e. The van der Waals surface area contributed by atoms with Gasteiger partial charge in [-0.2, -0.15) is 0 Å². The van der Waals surface area contributed by atoms with E-state index in [2.05, 4.69) is 25.8 Å². The second-order valence-corrected chi connectivity index (χ2v) is 6.82. The van der Waals surface area contributed by atoms with Crippen LogP contribution in [0.15, 0.2) is 18.3 Å². The monoisotopic (exact) mass is 294 g/mol. The van der Waals surface area contributed by atoms with E-state index in [0.717, 1.165) is 11.3 Å². The molecule has 1 aromatic rings. The van der Waals surface area contributed by atoms with Gasteiger partial charge in [0.1, 0.15) is 6.17 Å². The van der Waals surface area contributed by atoms with Crippen molar-refractivity contribution < 1.29 is 14.3 Å². The number of hydrogen-bond donors (Lipinski definition) is 1. The molecule has 4 nitrogen and oxygen atoms in total. The molecule has 0 unspecified atom stereocenters. The highest BCUT2D eigenvalue weighted by atomic mass is 19.1. The fourth-order valence-electron chi connectivity index (χ4n) is 2.73. The zero-order valence-corrected chi connectivity index (χ0v) is 12.8. The molecule has 5 heteroatoms. The molecule has 0 spiro atoms. The van der Waals surface area contributed by atoms with E-state index in [1.165, 1.54) is 0 Å². The van der Waals surface area contributed by atoms with Gasteiger partial charge in [-0.3, -0.25) is 14.7 Å². The summed E-state index contributed by atoms with van der Waals surface area (Å²) in [6.07, 6.45) is 1.17. The predicted molar refractivity (Wildman–Crippen MR) is 78.9 cm³/mol. The molecule has 1 N–H and O–H groups in total. The Kier molecular flexibility index (Phi) is 4.61. The minimum atomic E-state index is -0.934. The topological polar surface area (TPSA) is 53.4 Å². The van der Waals surface area contributed by atoms with Crippen LogP contribution in [0.3, 0.4) is 0 Å². The summed E-state index contributed by atoms with van der Waals surface area (Å²) in [5.41, 5.74) is 2.01. The molecule has 1 fully saturated rings. The molecule has 116 valence electrons. The number of rotatable bonds is 4. The molecule has 0 amide bonds. The fraction of sp³-hybridized carbons (Fsp3) is 0.625. The number of likely N-dealkylation sites (tertiary alicyclic amines) is 1. The minimum absolute atomic E-state index is 0.00203. The summed E-state index contributed by atoms with van der Waals surface area (Å²) < 4.78 is 13.5. The standard InChI is InChI=1S/C16H23FN2O2/c1-16(2,3)14-5-4-11(8-18-14)9-19-10-12(17)6-13(19)7-15(20)21/h4-5,8,12-13H,6-7,9-10H2,1-3H3,(H,20,21)/t12-,13-/m0/s1. The number of aromatic nitrogens is 1. The molecule has 2 atom stereocenters. The second-order valence-electron chi connectivity index (χ2n) is 6.82. The van der Waals surface area contributed by atoms with Crippen molar-refractivity contribution in [1.29, 1.82) is 0 Å². The lowest BCUT2D eigenvalue weighted by molar-refractivity contribution is -0.138. The van der Waals surface area contributed by atoms with Crippen molar-refractivity contribution in [3.63, 3.8) is 0 Å². The van der Waals surface area contributed by atoms with Gasteiger partial charge in [0.05, 0.1) is 6.42 Å². The van der Waals surface area contributed by atoms with Crippen molar-refractivity contribution in [3.8, 4) is 0 Å². The van der Waals surface area contributed by atoms with Crippen LogP contribution < -0.4 is 0 Å². The Labute approximate surface area is 125 Å². The zero-order valence-electron chi connectivity index (χ0n) is 12.8. The zero-order chi connectivity index (χ0) is 15.6. The molecule has 0 aromatic carbocycles. The van der Waals surface area contributed by atoms with E-state index >= 15 is 0 Å². The van der Waals surface area contributed by atoms with E-state index in [0.29, 0.717) is 19.5 Å². The third kappa shape index (κ3) is 4.24. The minimum Gasteiger partial charge on any atom is -0.481 e. The third-order valence-electron chi connectivity index (χ3n) is 3.87. The Morgan fingerprint density at radius 1 is 1.48 bits per heavy atom. The number of pyridine rings is 1. The maximum absolute atomic E-state index is 13.5. The van der Waals surface area contributed by atoms with Crippen LogP contribution in [0.25, 0.3) is 0 Å². The maximum Gasteiger partial charge on any atom is 0.304 e. The molecule has 1 aliphatic heterocycles. The highest BCUT2D eigenvalue weighted by molar-refractivity contribution is 5.67. The lowest BCUT2D eigenvalue weighted by Crippen LogP contribution is -2.31. The van der Waals surface area contributed by atoms with Crippen LogP contribution in [0.4, 0.5) is 4.39 Å². The summed E-state index contributed by atoms with van der Waals surface area (Å²) in [5, 5.41) is 8.91. The first-order valence-corrected chi connectivity index (χ1v) is 7.31.